The van der Waals surface area contributed by atoms with E-state index in [0.717, 1.165) is 72.7 Å². The molecule has 0 unspecified atom stereocenters. The van der Waals surface area contributed by atoms with Gasteiger partial charge in [0.25, 0.3) is 0 Å². The average Bonchev–Trinajstić information content (AvgIpc) is 3.61. The minimum absolute atomic E-state index is 0.00128. The number of anilines is 2. The molecule has 222 valence electrons. The number of nitrogens with one attached hydrogen (secondary N) is 1. The van der Waals surface area contributed by atoms with E-state index in [2.05, 4.69) is 50.3 Å². The lowest BCUT2D eigenvalue weighted by atomic mass is 9.95. The molecule has 8 nitrogen and oxygen atoms in total. The summed E-state index contributed by atoms with van der Waals surface area (Å²) in [6.45, 7) is 5.09. The van der Waals surface area contributed by atoms with Crippen molar-refractivity contribution in [3.05, 3.63) is 82.7 Å². The molecule has 2 aromatic heterocycles. The highest BCUT2D eigenvalue weighted by Gasteiger charge is 2.45. The molecule has 0 spiro atoms. The molecule has 2 fully saturated rings. The molecule has 6 rings (SSSR count). The zero-order chi connectivity index (χ0) is 29.8. The Morgan fingerprint density at radius 3 is 2.60 bits per heavy atom. The van der Waals surface area contributed by atoms with Crippen molar-refractivity contribution < 1.29 is 9.13 Å². The quantitative estimate of drug-likeness (QED) is 0.213. The van der Waals surface area contributed by atoms with E-state index in [1.165, 1.54) is 0 Å². The zero-order valence-corrected chi connectivity index (χ0v) is 24.8. The highest BCUT2D eigenvalue weighted by atomic mass is 19.1. The third-order valence-electron chi connectivity index (χ3n) is 8.75. The number of aryl methyl sites for hydroxylation is 1. The summed E-state index contributed by atoms with van der Waals surface area (Å²) in [5.41, 5.74) is 9.40. The first-order valence-electron chi connectivity index (χ1n) is 15.0. The van der Waals surface area contributed by atoms with Gasteiger partial charge in [0, 0.05) is 31.6 Å². The summed E-state index contributed by atoms with van der Waals surface area (Å²) in [5, 5.41) is 5.43. The van der Waals surface area contributed by atoms with Crippen LogP contribution in [-0.4, -0.2) is 58.3 Å². The fraction of sp³-hybridized carbons (Fsp3) is 0.353. The van der Waals surface area contributed by atoms with Crippen molar-refractivity contribution in [2.45, 2.75) is 51.1 Å². The SMILES string of the molecule is CCc1cccc2cccc(/C=C(\F)c3nc(OCC45CCCN4CCC5)nc(NCc4cccnc4N)c3C=NC)c12. The molecule has 0 aliphatic carbocycles. The third-order valence-corrected chi connectivity index (χ3v) is 8.75. The van der Waals surface area contributed by atoms with E-state index in [1.54, 1.807) is 25.5 Å². The van der Waals surface area contributed by atoms with Gasteiger partial charge in [0.2, 0.25) is 0 Å². The Morgan fingerprint density at radius 1 is 1.09 bits per heavy atom. The Kier molecular flexibility index (Phi) is 8.33. The van der Waals surface area contributed by atoms with Crippen molar-refractivity contribution in [2.24, 2.45) is 4.99 Å². The van der Waals surface area contributed by atoms with Crippen LogP contribution in [0.2, 0.25) is 0 Å². The molecule has 0 atom stereocenters. The summed E-state index contributed by atoms with van der Waals surface area (Å²) < 4.78 is 22.8. The van der Waals surface area contributed by atoms with Gasteiger partial charge in [-0.1, -0.05) is 49.4 Å². The number of rotatable bonds is 10. The molecule has 9 heteroatoms. The Bertz CT molecular complexity index is 1670. The first kappa shape index (κ1) is 28.7. The van der Waals surface area contributed by atoms with Crippen molar-refractivity contribution in [1.82, 2.24) is 19.9 Å². The molecule has 0 bridgehead atoms. The summed E-state index contributed by atoms with van der Waals surface area (Å²) in [7, 11) is 1.64. The summed E-state index contributed by atoms with van der Waals surface area (Å²) in [5.74, 6) is 0.338. The molecule has 2 aromatic carbocycles. The van der Waals surface area contributed by atoms with Crippen LogP contribution in [0.5, 0.6) is 6.01 Å². The topological polar surface area (TPSA) is 102 Å². The standard InChI is InChI=1S/C34H38FN7O/c1-3-23-9-4-10-24-11-5-12-25(29(23)24)19-28(35)30-27(21-37-2)32(39-20-26-13-6-16-38-31(26)36)41-33(40-30)43-22-34-14-7-17-42(34)18-8-15-34/h4-6,9-13,16,19,21H,3,7-8,14-15,17-18,20,22H2,1-2H3,(H2,36,38)(H,39,40,41)/b28-19-,37-21?. The number of aromatic nitrogens is 3. The summed E-state index contributed by atoms with van der Waals surface area (Å²) >= 11 is 0. The number of hydrogen-bond acceptors (Lipinski definition) is 8. The maximum atomic E-state index is 16.5. The number of fused-ring (bicyclic) bond motifs is 2. The molecule has 2 saturated heterocycles. The normalized spacial score (nSPS) is 16.7. The Labute approximate surface area is 251 Å². The van der Waals surface area contributed by atoms with Crippen LogP contribution in [0.3, 0.4) is 0 Å². The van der Waals surface area contributed by atoms with Crippen LogP contribution in [0.1, 0.15) is 60.6 Å². The molecule has 3 N–H and O–H groups in total. The van der Waals surface area contributed by atoms with Gasteiger partial charge >= 0.3 is 6.01 Å². The predicted molar refractivity (Wildman–Crippen MR) is 172 cm³/mol. The second-order valence-electron chi connectivity index (χ2n) is 11.3. The molecule has 2 aliphatic heterocycles. The second-order valence-corrected chi connectivity index (χ2v) is 11.3. The maximum Gasteiger partial charge on any atom is 0.319 e. The first-order chi connectivity index (χ1) is 21.0. The number of ether oxygens (including phenoxy) is 1. The van der Waals surface area contributed by atoms with E-state index in [9.17, 15) is 0 Å². The van der Waals surface area contributed by atoms with Crippen molar-refractivity contribution >= 4 is 40.5 Å². The van der Waals surface area contributed by atoms with Crippen LogP contribution >= 0.6 is 0 Å². The van der Waals surface area contributed by atoms with Crippen molar-refractivity contribution in [1.29, 1.82) is 0 Å². The van der Waals surface area contributed by atoms with Gasteiger partial charge in [0.15, 0.2) is 0 Å². The van der Waals surface area contributed by atoms with E-state index < -0.39 is 5.83 Å². The summed E-state index contributed by atoms with van der Waals surface area (Å²) in [4.78, 5) is 20.3. The van der Waals surface area contributed by atoms with Crippen molar-refractivity contribution in [2.75, 3.05) is 37.8 Å². The minimum Gasteiger partial charge on any atom is -0.461 e. The number of pyridine rings is 1. The summed E-state index contributed by atoms with van der Waals surface area (Å²) in [6.07, 6.45) is 10.1. The fourth-order valence-electron chi connectivity index (χ4n) is 6.59. The Hall–Kier alpha value is -4.37. The predicted octanol–water partition coefficient (Wildman–Crippen LogP) is 6.31. The van der Waals surface area contributed by atoms with Crippen LogP contribution in [0, 0.1) is 0 Å². The van der Waals surface area contributed by atoms with Gasteiger partial charge in [-0.25, -0.2) is 9.37 Å². The van der Waals surface area contributed by atoms with Gasteiger partial charge in [0.1, 0.15) is 29.8 Å². The number of hydrogen-bond donors (Lipinski definition) is 2. The van der Waals surface area contributed by atoms with E-state index in [4.69, 9.17) is 15.5 Å². The Morgan fingerprint density at radius 2 is 1.86 bits per heavy atom. The van der Waals surface area contributed by atoms with Gasteiger partial charge in [-0.2, -0.15) is 9.97 Å². The highest BCUT2D eigenvalue weighted by molar-refractivity contribution is 5.99. The van der Waals surface area contributed by atoms with Gasteiger partial charge in [-0.05, 0) is 79.2 Å². The number of halogens is 1. The van der Waals surface area contributed by atoms with E-state index in [1.807, 2.05) is 30.3 Å². The van der Waals surface area contributed by atoms with Crippen molar-refractivity contribution in [3.8, 4) is 6.01 Å². The number of aliphatic imine (C=N–C) groups is 1. The van der Waals surface area contributed by atoms with Gasteiger partial charge in [0.05, 0.1) is 11.1 Å². The smallest absolute Gasteiger partial charge is 0.319 e. The van der Waals surface area contributed by atoms with Crippen molar-refractivity contribution in [3.63, 3.8) is 0 Å². The van der Waals surface area contributed by atoms with Crippen LogP contribution in [-0.2, 0) is 13.0 Å². The minimum atomic E-state index is -0.494. The first-order valence-corrected chi connectivity index (χ1v) is 15.0. The number of nitrogens with two attached hydrogens (primary N) is 1. The molecule has 43 heavy (non-hydrogen) atoms. The largest absolute Gasteiger partial charge is 0.461 e. The van der Waals surface area contributed by atoms with Crippen LogP contribution in [0.4, 0.5) is 16.0 Å². The molecule has 4 aromatic rings. The van der Waals surface area contributed by atoms with E-state index in [-0.39, 0.29) is 17.2 Å². The number of benzene rings is 2. The van der Waals surface area contributed by atoms with E-state index in [0.29, 0.717) is 30.4 Å². The van der Waals surface area contributed by atoms with Crippen LogP contribution < -0.4 is 15.8 Å². The highest BCUT2D eigenvalue weighted by Crippen LogP contribution is 2.39. The molecule has 2 aliphatic rings. The van der Waals surface area contributed by atoms with Gasteiger partial charge in [-0.15, -0.1) is 0 Å². The van der Waals surface area contributed by atoms with Crippen LogP contribution in [0.15, 0.2) is 59.7 Å². The lowest BCUT2D eigenvalue weighted by molar-refractivity contribution is 0.107. The number of nitrogens with zero attached hydrogens (tertiary/aromatic N) is 5. The Balaban J connectivity index is 1.42. The van der Waals surface area contributed by atoms with Gasteiger partial charge in [-0.3, -0.25) is 9.89 Å². The van der Waals surface area contributed by atoms with E-state index >= 15 is 4.39 Å². The average molecular weight is 580 g/mol. The van der Waals surface area contributed by atoms with Gasteiger partial charge < -0.3 is 15.8 Å². The summed E-state index contributed by atoms with van der Waals surface area (Å²) in [6, 6.07) is 16.0. The maximum absolute atomic E-state index is 16.5. The third kappa shape index (κ3) is 5.82. The zero-order valence-electron chi connectivity index (χ0n) is 24.8. The number of nitrogen functional groups attached to an aromatic ring is 1. The lowest BCUT2D eigenvalue weighted by Crippen LogP contribution is -2.43. The van der Waals surface area contributed by atoms with Crippen LogP contribution in [0.25, 0.3) is 22.7 Å². The molecule has 0 radical (unpaired) electrons. The molecular weight excluding hydrogens is 541 g/mol. The molecule has 4 heterocycles. The molecule has 0 saturated carbocycles. The molecule has 0 amide bonds. The monoisotopic (exact) mass is 579 g/mol. The second kappa shape index (κ2) is 12.5. The lowest BCUT2D eigenvalue weighted by Gasteiger charge is -2.31. The fourth-order valence-corrected chi connectivity index (χ4v) is 6.59. The molecular formula is C34H38FN7O.